The second-order valence-electron chi connectivity index (χ2n) is 6.89. The lowest BCUT2D eigenvalue weighted by molar-refractivity contribution is 0.0835. The van der Waals surface area contributed by atoms with Crippen molar-refractivity contribution < 1.29 is 13.2 Å². The van der Waals surface area contributed by atoms with Crippen molar-refractivity contribution in [2.45, 2.75) is 37.5 Å². The SMILES string of the molecule is O=S(=O)(Cc1ccccc1)N1CCc2nc(C3CCOCC3)nn2CC1. The van der Waals surface area contributed by atoms with Crippen molar-refractivity contribution >= 4 is 10.0 Å². The lowest BCUT2D eigenvalue weighted by Crippen LogP contribution is -2.34. The molecule has 0 spiro atoms. The fourth-order valence-electron chi connectivity index (χ4n) is 3.58. The maximum atomic E-state index is 12.8. The van der Waals surface area contributed by atoms with Crippen LogP contribution in [0.1, 0.15) is 36.0 Å². The molecule has 2 aliphatic rings. The molecule has 8 heteroatoms. The lowest BCUT2D eigenvalue weighted by atomic mass is 10.00. The first-order chi connectivity index (χ1) is 12.6. The molecule has 3 heterocycles. The van der Waals surface area contributed by atoms with Crippen molar-refractivity contribution in [2.75, 3.05) is 26.3 Å². The van der Waals surface area contributed by atoms with Crippen molar-refractivity contribution in [3.8, 4) is 0 Å². The van der Waals surface area contributed by atoms with Gasteiger partial charge in [-0.05, 0) is 18.4 Å². The summed E-state index contributed by atoms with van der Waals surface area (Å²) in [6.07, 6.45) is 2.52. The number of benzene rings is 1. The number of aromatic nitrogens is 3. The van der Waals surface area contributed by atoms with E-state index in [4.69, 9.17) is 9.72 Å². The topological polar surface area (TPSA) is 77.3 Å². The second kappa shape index (κ2) is 7.46. The number of nitrogens with zero attached hydrogens (tertiary/aromatic N) is 4. The highest BCUT2D eigenvalue weighted by Gasteiger charge is 2.28. The molecule has 1 aromatic carbocycles. The maximum absolute atomic E-state index is 12.8. The summed E-state index contributed by atoms with van der Waals surface area (Å²) >= 11 is 0. The van der Waals surface area contributed by atoms with E-state index >= 15 is 0 Å². The number of sulfonamides is 1. The quantitative estimate of drug-likeness (QED) is 0.809. The Morgan fingerprint density at radius 3 is 2.62 bits per heavy atom. The zero-order valence-electron chi connectivity index (χ0n) is 14.7. The molecule has 7 nitrogen and oxygen atoms in total. The largest absolute Gasteiger partial charge is 0.381 e. The summed E-state index contributed by atoms with van der Waals surface area (Å²) in [7, 11) is -3.34. The molecule has 0 atom stereocenters. The molecule has 26 heavy (non-hydrogen) atoms. The molecule has 0 amide bonds. The first-order valence-electron chi connectivity index (χ1n) is 9.15. The molecule has 4 rings (SSSR count). The average Bonchev–Trinajstić information content (AvgIpc) is 2.95. The smallest absolute Gasteiger partial charge is 0.218 e. The van der Waals surface area contributed by atoms with Gasteiger partial charge in [-0.2, -0.15) is 9.40 Å². The highest BCUT2D eigenvalue weighted by molar-refractivity contribution is 7.88. The van der Waals surface area contributed by atoms with Crippen molar-refractivity contribution in [1.29, 1.82) is 0 Å². The van der Waals surface area contributed by atoms with E-state index in [1.54, 1.807) is 4.31 Å². The molecule has 1 fully saturated rings. The van der Waals surface area contributed by atoms with Gasteiger partial charge in [0.15, 0.2) is 5.82 Å². The molecule has 1 aromatic heterocycles. The molecule has 0 saturated carbocycles. The third kappa shape index (κ3) is 3.82. The third-order valence-electron chi connectivity index (χ3n) is 5.08. The van der Waals surface area contributed by atoms with Crippen LogP contribution in [0.25, 0.3) is 0 Å². The third-order valence-corrected chi connectivity index (χ3v) is 6.93. The van der Waals surface area contributed by atoms with Gasteiger partial charge in [-0.1, -0.05) is 30.3 Å². The fraction of sp³-hybridized carbons (Fsp3) is 0.556. The molecular formula is C18H24N4O3S. The Morgan fingerprint density at radius 1 is 1.08 bits per heavy atom. The Labute approximate surface area is 154 Å². The average molecular weight is 376 g/mol. The van der Waals surface area contributed by atoms with Gasteiger partial charge in [0.25, 0.3) is 0 Å². The van der Waals surface area contributed by atoms with Gasteiger partial charge < -0.3 is 4.74 Å². The minimum Gasteiger partial charge on any atom is -0.381 e. The van der Waals surface area contributed by atoms with E-state index < -0.39 is 10.0 Å². The minimum atomic E-state index is -3.34. The van der Waals surface area contributed by atoms with E-state index in [2.05, 4.69) is 5.10 Å². The molecule has 0 unspecified atom stereocenters. The van der Waals surface area contributed by atoms with Crippen LogP contribution in [0.15, 0.2) is 30.3 Å². The Balaban J connectivity index is 1.44. The minimum absolute atomic E-state index is 0.0386. The van der Waals surface area contributed by atoms with E-state index in [1.807, 2.05) is 35.0 Å². The fourth-order valence-corrected chi connectivity index (χ4v) is 5.11. The standard InChI is InChI=1S/C18H24N4O3S/c23-26(24,14-15-4-2-1-3-5-15)21-9-6-17-19-18(20-22(17)11-10-21)16-7-12-25-13-8-16/h1-5,16H,6-14H2. The summed E-state index contributed by atoms with van der Waals surface area (Å²) in [5, 5.41) is 4.66. The Bertz CT molecular complexity index is 819. The van der Waals surface area contributed by atoms with Crippen LogP contribution < -0.4 is 0 Å². The summed E-state index contributed by atoms with van der Waals surface area (Å²) < 4.78 is 34.4. The van der Waals surface area contributed by atoms with Gasteiger partial charge in [-0.15, -0.1) is 0 Å². The van der Waals surface area contributed by atoms with Crippen molar-refractivity contribution in [2.24, 2.45) is 0 Å². The van der Waals surface area contributed by atoms with Crippen molar-refractivity contribution in [3.63, 3.8) is 0 Å². The predicted octanol–water partition coefficient (Wildman–Crippen LogP) is 1.56. The van der Waals surface area contributed by atoms with Crippen LogP contribution in [0.3, 0.4) is 0 Å². The molecule has 0 aliphatic carbocycles. The van der Waals surface area contributed by atoms with Gasteiger partial charge in [-0.25, -0.2) is 18.1 Å². The number of ether oxygens (including phenoxy) is 1. The van der Waals surface area contributed by atoms with Gasteiger partial charge in [0.05, 0.1) is 12.3 Å². The Kier molecular flexibility index (Phi) is 5.06. The van der Waals surface area contributed by atoms with E-state index in [0.717, 1.165) is 43.3 Å². The number of fused-ring (bicyclic) bond motifs is 1. The number of hydrogen-bond acceptors (Lipinski definition) is 5. The predicted molar refractivity (Wildman–Crippen MR) is 97.2 cm³/mol. The van der Waals surface area contributed by atoms with Crippen molar-refractivity contribution in [1.82, 2.24) is 19.1 Å². The van der Waals surface area contributed by atoms with E-state index in [-0.39, 0.29) is 5.75 Å². The first-order valence-corrected chi connectivity index (χ1v) is 10.8. The van der Waals surface area contributed by atoms with Crippen LogP contribution in [0, 0.1) is 0 Å². The summed E-state index contributed by atoms with van der Waals surface area (Å²) in [6, 6.07) is 9.32. The zero-order valence-corrected chi connectivity index (χ0v) is 15.6. The van der Waals surface area contributed by atoms with Gasteiger partial charge in [0.2, 0.25) is 10.0 Å². The molecule has 0 bridgehead atoms. The molecule has 140 valence electrons. The maximum Gasteiger partial charge on any atom is 0.218 e. The van der Waals surface area contributed by atoms with E-state index in [0.29, 0.717) is 32.0 Å². The molecule has 2 aliphatic heterocycles. The summed E-state index contributed by atoms with van der Waals surface area (Å²) in [5.74, 6) is 2.19. The summed E-state index contributed by atoms with van der Waals surface area (Å²) in [6.45, 7) is 2.99. The number of hydrogen-bond donors (Lipinski definition) is 0. The Hall–Kier alpha value is -1.77. The summed E-state index contributed by atoms with van der Waals surface area (Å²) in [4.78, 5) is 4.71. The van der Waals surface area contributed by atoms with Crippen LogP contribution in [0.4, 0.5) is 0 Å². The first kappa shape index (κ1) is 17.6. The van der Waals surface area contributed by atoms with Gasteiger partial charge in [0.1, 0.15) is 5.82 Å². The lowest BCUT2D eigenvalue weighted by Gasteiger charge is -2.20. The van der Waals surface area contributed by atoms with Crippen LogP contribution in [0.5, 0.6) is 0 Å². The monoisotopic (exact) mass is 376 g/mol. The van der Waals surface area contributed by atoms with Crippen LogP contribution >= 0.6 is 0 Å². The van der Waals surface area contributed by atoms with Gasteiger partial charge >= 0.3 is 0 Å². The van der Waals surface area contributed by atoms with E-state index in [9.17, 15) is 8.42 Å². The Morgan fingerprint density at radius 2 is 1.85 bits per heavy atom. The molecule has 0 N–H and O–H groups in total. The normalized spacial score (nSPS) is 19.8. The molecular weight excluding hydrogens is 352 g/mol. The van der Waals surface area contributed by atoms with Crippen LogP contribution in [0.2, 0.25) is 0 Å². The van der Waals surface area contributed by atoms with E-state index in [1.165, 1.54) is 0 Å². The highest BCUT2D eigenvalue weighted by Crippen LogP contribution is 2.25. The zero-order chi connectivity index (χ0) is 18.0. The van der Waals surface area contributed by atoms with Gasteiger partial charge in [0, 0.05) is 38.6 Å². The molecule has 2 aromatic rings. The van der Waals surface area contributed by atoms with Crippen molar-refractivity contribution in [3.05, 3.63) is 47.5 Å². The second-order valence-corrected chi connectivity index (χ2v) is 8.86. The highest BCUT2D eigenvalue weighted by atomic mass is 32.2. The number of rotatable bonds is 4. The molecule has 0 radical (unpaired) electrons. The van der Waals surface area contributed by atoms with Gasteiger partial charge in [-0.3, -0.25) is 0 Å². The molecule has 1 saturated heterocycles. The van der Waals surface area contributed by atoms with Crippen LogP contribution in [-0.4, -0.2) is 53.8 Å². The van der Waals surface area contributed by atoms with Crippen LogP contribution in [-0.2, 0) is 33.5 Å². The summed E-state index contributed by atoms with van der Waals surface area (Å²) in [5.41, 5.74) is 0.814.